The van der Waals surface area contributed by atoms with E-state index in [-0.39, 0.29) is 5.56 Å². The van der Waals surface area contributed by atoms with E-state index in [0.717, 1.165) is 17.5 Å². The first kappa shape index (κ1) is 16.5. The van der Waals surface area contributed by atoms with E-state index in [9.17, 15) is 13.2 Å². The average Bonchev–Trinajstić information content (AvgIpc) is 2.54. The SMILES string of the molecule is CNc1cccc(-c2n[nH]c(=O)c3c2N(OS(C)(=O)=O)CCC3)c1. The lowest BCUT2D eigenvalue weighted by Gasteiger charge is -2.29. The first-order valence-electron chi connectivity index (χ1n) is 7.46. The van der Waals surface area contributed by atoms with Crippen LogP contribution in [0.15, 0.2) is 29.1 Å². The third-order valence-electron chi connectivity index (χ3n) is 3.74. The Kier molecular flexibility index (Phi) is 4.29. The molecule has 0 aliphatic carbocycles. The molecule has 0 fully saturated rings. The Morgan fingerprint density at radius 3 is 2.88 bits per heavy atom. The van der Waals surface area contributed by atoms with Crippen LogP contribution in [0.2, 0.25) is 0 Å². The summed E-state index contributed by atoms with van der Waals surface area (Å²) in [6.07, 6.45) is 2.13. The summed E-state index contributed by atoms with van der Waals surface area (Å²) in [6, 6.07) is 7.46. The van der Waals surface area contributed by atoms with E-state index in [2.05, 4.69) is 15.5 Å². The second kappa shape index (κ2) is 6.25. The van der Waals surface area contributed by atoms with Gasteiger partial charge in [0.25, 0.3) is 15.7 Å². The van der Waals surface area contributed by atoms with Crippen LogP contribution in [0.25, 0.3) is 11.3 Å². The first-order valence-corrected chi connectivity index (χ1v) is 9.27. The summed E-state index contributed by atoms with van der Waals surface area (Å²) >= 11 is 0. The molecule has 9 heteroatoms. The largest absolute Gasteiger partial charge is 0.388 e. The quantitative estimate of drug-likeness (QED) is 0.851. The van der Waals surface area contributed by atoms with Crippen LogP contribution in [0.1, 0.15) is 12.0 Å². The molecule has 1 aliphatic rings. The third kappa shape index (κ3) is 3.26. The highest BCUT2D eigenvalue weighted by atomic mass is 32.2. The topological polar surface area (TPSA) is 104 Å². The molecule has 1 aromatic carbocycles. The predicted molar refractivity (Wildman–Crippen MR) is 91.4 cm³/mol. The van der Waals surface area contributed by atoms with Crippen LogP contribution in [0.3, 0.4) is 0 Å². The van der Waals surface area contributed by atoms with Gasteiger partial charge >= 0.3 is 0 Å². The summed E-state index contributed by atoms with van der Waals surface area (Å²) in [5.74, 6) is 0. The van der Waals surface area contributed by atoms with E-state index in [1.807, 2.05) is 24.3 Å². The van der Waals surface area contributed by atoms with Crippen molar-refractivity contribution < 1.29 is 12.7 Å². The molecule has 0 amide bonds. The third-order valence-corrected chi connectivity index (χ3v) is 4.19. The van der Waals surface area contributed by atoms with Gasteiger partial charge in [-0.15, -0.1) is 4.28 Å². The molecule has 1 aromatic heterocycles. The molecule has 24 heavy (non-hydrogen) atoms. The molecular weight excluding hydrogens is 332 g/mol. The fourth-order valence-corrected chi connectivity index (χ4v) is 3.23. The van der Waals surface area contributed by atoms with Gasteiger partial charge in [-0.25, -0.2) is 10.2 Å². The van der Waals surface area contributed by atoms with E-state index in [0.29, 0.717) is 36.3 Å². The van der Waals surface area contributed by atoms with E-state index in [4.69, 9.17) is 4.28 Å². The minimum absolute atomic E-state index is 0.333. The fourth-order valence-electron chi connectivity index (χ4n) is 2.75. The van der Waals surface area contributed by atoms with Crippen molar-refractivity contribution in [3.63, 3.8) is 0 Å². The van der Waals surface area contributed by atoms with E-state index >= 15 is 0 Å². The van der Waals surface area contributed by atoms with Crippen molar-refractivity contribution in [3.8, 4) is 11.3 Å². The minimum Gasteiger partial charge on any atom is -0.388 e. The van der Waals surface area contributed by atoms with Crippen LogP contribution in [0.5, 0.6) is 0 Å². The maximum absolute atomic E-state index is 12.1. The van der Waals surface area contributed by atoms with Crippen LogP contribution in [0.4, 0.5) is 11.4 Å². The van der Waals surface area contributed by atoms with Crippen LogP contribution in [0, 0.1) is 0 Å². The molecule has 1 aliphatic heterocycles. The van der Waals surface area contributed by atoms with Gasteiger partial charge in [-0.3, -0.25) is 4.79 Å². The number of anilines is 2. The number of hydrogen-bond donors (Lipinski definition) is 2. The van der Waals surface area contributed by atoms with Gasteiger partial charge in [0.05, 0.1) is 6.26 Å². The molecule has 0 atom stereocenters. The summed E-state index contributed by atoms with van der Waals surface area (Å²) in [7, 11) is -1.92. The maximum Gasteiger partial charge on any atom is 0.285 e. The second-order valence-electron chi connectivity index (χ2n) is 5.54. The summed E-state index contributed by atoms with van der Waals surface area (Å²) in [5.41, 5.74) is 2.65. The first-order chi connectivity index (χ1) is 11.4. The Hall–Kier alpha value is -2.39. The number of hydrogen-bond acceptors (Lipinski definition) is 7. The highest BCUT2D eigenvalue weighted by Crippen LogP contribution is 2.35. The van der Waals surface area contributed by atoms with Crippen LogP contribution >= 0.6 is 0 Å². The number of nitrogens with zero attached hydrogens (tertiary/aromatic N) is 2. The zero-order valence-corrected chi connectivity index (χ0v) is 14.2. The number of fused-ring (bicyclic) bond motifs is 1. The number of aromatic amines is 1. The Morgan fingerprint density at radius 1 is 1.38 bits per heavy atom. The smallest absolute Gasteiger partial charge is 0.285 e. The Labute approximate surface area is 139 Å². The number of hydroxylamine groups is 1. The number of aromatic nitrogens is 2. The van der Waals surface area contributed by atoms with Crippen molar-refractivity contribution in [1.82, 2.24) is 10.2 Å². The second-order valence-corrected chi connectivity index (χ2v) is 7.10. The summed E-state index contributed by atoms with van der Waals surface area (Å²) in [5, 5.41) is 10.9. The lowest BCUT2D eigenvalue weighted by atomic mass is 10.0. The Balaban J connectivity index is 2.19. The van der Waals surface area contributed by atoms with Gasteiger partial charge in [0.2, 0.25) is 0 Å². The lowest BCUT2D eigenvalue weighted by molar-refractivity contribution is 0.277. The molecule has 0 spiro atoms. The monoisotopic (exact) mass is 350 g/mol. The van der Waals surface area contributed by atoms with E-state index in [1.165, 1.54) is 5.06 Å². The van der Waals surface area contributed by atoms with E-state index in [1.54, 1.807) is 7.05 Å². The highest BCUT2D eigenvalue weighted by Gasteiger charge is 2.28. The summed E-state index contributed by atoms with van der Waals surface area (Å²) < 4.78 is 28.2. The number of nitrogens with one attached hydrogen (secondary N) is 2. The van der Waals surface area contributed by atoms with Gasteiger partial charge in [0, 0.05) is 30.4 Å². The van der Waals surface area contributed by atoms with Gasteiger partial charge in [0.1, 0.15) is 11.4 Å². The molecular formula is C15H18N4O4S. The molecule has 2 N–H and O–H groups in total. The number of H-pyrrole nitrogens is 1. The molecule has 2 heterocycles. The van der Waals surface area contributed by atoms with E-state index < -0.39 is 10.1 Å². The van der Waals surface area contributed by atoms with Crippen molar-refractivity contribution in [1.29, 1.82) is 0 Å². The van der Waals surface area contributed by atoms with Gasteiger partial charge in [0.15, 0.2) is 0 Å². The molecule has 128 valence electrons. The molecule has 0 bridgehead atoms. The summed E-state index contributed by atoms with van der Waals surface area (Å²) in [6.45, 7) is 0.365. The van der Waals surface area contributed by atoms with Crippen molar-refractivity contribution in [2.75, 3.05) is 30.2 Å². The molecule has 2 aromatic rings. The standard InChI is InChI=1S/C15H18N4O4S/c1-16-11-6-3-5-10(9-11)13-14-12(15(20)18-17-13)7-4-8-19(14)23-24(2,21)22/h3,5-6,9,16H,4,7-8H2,1-2H3,(H,18,20). The van der Waals surface area contributed by atoms with Crippen molar-refractivity contribution in [2.45, 2.75) is 12.8 Å². The molecule has 0 unspecified atom stereocenters. The number of benzene rings is 1. The van der Waals surface area contributed by atoms with Crippen LogP contribution in [-0.4, -0.2) is 38.5 Å². The van der Waals surface area contributed by atoms with Crippen LogP contribution < -0.4 is 15.9 Å². The highest BCUT2D eigenvalue weighted by molar-refractivity contribution is 7.86. The molecule has 0 saturated carbocycles. The van der Waals surface area contributed by atoms with Crippen LogP contribution in [-0.2, 0) is 20.8 Å². The molecule has 8 nitrogen and oxygen atoms in total. The van der Waals surface area contributed by atoms with Crippen molar-refractivity contribution >= 4 is 21.5 Å². The van der Waals surface area contributed by atoms with Crippen molar-refractivity contribution in [3.05, 3.63) is 40.2 Å². The van der Waals surface area contributed by atoms with Gasteiger partial charge in [-0.05, 0) is 25.0 Å². The Bertz CT molecular complexity index is 923. The summed E-state index contributed by atoms with van der Waals surface area (Å²) in [4.78, 5) is 12.1. The predicted octanol–water partition coefficient (Wildman–Crippen LogP) is 1.12. The zero-order valence-electron chi connectivity index (χ0n) is 13.4. The van der Waals surface area contributed by atoms with Crippen molar-refractivity contribution in [2.24, 2.45) is 0 Å². The molecule has 0 radical (unpaired) electrons. The maximum atomic E-state index is 12.1. The normalized spacial score (nSPS) is 14.3. The van der Waals surface area contributed by atoms with Gasteiger partial charge in [-0.1, -0.05) is 12.1 Å². The van der Waals surface area contributed by atoms with Gasteiger partial charge < -0.3 is 5.32 Å². The molecule has 3 rings (SSSR count). The fraction of sp³-hybridized carbons (Fsp3) is 0.333. The lowest BCUT2D eigenvalue weighted by Crippen LogP contribution is -2.35. The Morgan fingerprint density at radius 2 is 2.17 bits per heavy atom. The average molecular weight is 350 g/mol. The minimum atomic E-state index is -3.72. The molecule has 0 saturated heterocycles. The number of rotatable bonds is 4. The van der Waals surface area contributed by atoms with Gasteiger partial charge in [-0.2, -0.15) is 13.5 Å². The zero-order chi connectivity index (χ0) is 17.3.